The zero-order valence-corrected chi connectivity index (χ0v) is 18.0. The van der Waals surface area contributed by atoms with Crippen molar-refractivity contribution >= 4 is 6.08 Å². The summed E-state index contributed by atoms with van der Waals surface area (Å²) in [5, 5.41) is 10.7. The molecule has 1 saturated heterocycles. The van der Waals surface area contributed by atoms with Gasteiger partial charge in [-0.3, -0.25) is 4.90 Å². The van der Waals surface area contributed by atoms with Gasteiger partial charge in [0.1, 0.15) is 12.4 Å². The molecule has 0 aromatic heterocycles. The Hall–Kier alpha value is -2.98. The lowest BCUT2D eigenvalue weighted by molar-refractivity contribution is 0.187. The second-order valence-corrected chi connectivity index (χ2v) is 8.65. The van der Waals surface area contributed by atoms with Crippen LogP contribution in [-0.2, 0) is 24.3 Å². The zero-order valence-electron chi connectivity index (χ0n) is 18.0. The minimum absolute atomic E-state index is 0.255. The third-order valence-electron chi connectivity index (χ3n) is 6.40. The van der Waals surface area contributed by atoms with E-state index in [1.807, 2.05) is 41.3 Å². The lowest BCUT2D eigenvalue weighted by atomic mass is 9.92. The van der Waals surface area contributed by atoms with Gasteiger partial charge in [-0.25, -0.2) is 0 Å². The highest BCUT2D eigenvalue weighted by molar-refractivity contribution is 5.60. The molecular weight excluding hydrogens is 384 g/mol. The summed E-state index contributed by atoms with van der Waals surface area (Å²) in [5.74, 6) is 0.979. The van der Waals surface area contributed by atoms with E-state index in [0.717, 1.165) is 36.4 Å². The number of fused-ring (bicyclic) bond motifs is 1. The molecule has 0 spiro atoms. The molecule has 0 radical (unpaired) electrons. The molecule has 0 amide bonds. The van der Waals surface area contributed by atoms with Gasteiger partial charge in [-0.2, -0.15) is 0 Å². The average molecular weight is 415 g/mol. The van der Waals surface area contributed by atoms with Crippen LogP contribution >= 0.6 is 0 Å². The number of aryl methyl sites for hydroxylation is 1. The monoisotopic (exact) mass is 414 g/mol. The van der Waals surface area contributed by atoms with E-state index in [1.165, 1.54) is 42.6 Å². The van der Waals surface area contributed by atoms with Crippen LogP contribution in [0, 0.1) is 0 Å². The Kier molecular flexibility index (Phi) is 5.81. The molecular formula is C27H30N2O2. The van der Waals surface area contributed by atoms with Crippen molar-refractivity contribution in [1.29, 1.82) is 0 Å². The van der Waals surface area contributed by atoms with Crippen LogP contribution in [0.25, 0.3) is 6.08 Å². The van der Waals surface area contributed by atoms with Gasteiger partial charge < -0.3 is 14.7 Å². The van der Waals surface area contributed by atoms with Crippen molar-refractivity contribution < 1.29 is 9.84 Å². The molecule has 5 rings (SSSR count). The molecule has 4 heteroatoms. The zero-order chi connectivity index (χ0) is 21.0. The van der Waals surface area contributed by atoms with Crippen molar-refractivity contribution in [1.82, 2.24) is 9.80 Å². The van der Waals surface area contributed by atoms with Crippen LogP contribution in [0.15, 0.2) is 78.0 Å². The number of aliphatic hydroxyl groups excluding tert-OH is 1. The number of aliphatic hydroxyl groups is 1. The van der Waals surface area contributed by atoms with E-state index in [0.29, 0.717) is 13.2 Å². The minimum Gasteiger partial charge on any atom is -0.494 e. The van der Waals surface area contributed by atoms with E-state index in [9.17, 15) is 5.11 Å². The number of likely N-dealkylation sites (tertiary alicyclic amines) is 1. The minimum atomic E-state index is 0.255. The summed E-state index contributed by atoms with van der Waals surface area (Å²) in [4.78, 5) is 4.53. The summed E-state index contributed by atoms with van der Waals surface area (Å²) in [6.45, 7) is 4.65. The highest BCUT2D eigenvalue weighted by Gasteiger charge is 2.21. The molecule has 2 aromatic carbocycles. The molecule has 1 fully saturated rings. The third kappa shape index (κ3) is 4.70. The number of nitrogens with zero attached hydrogens (tertiary/aromatic N) is 2. The van der Waals surface area contributed by atoms with Crippen molar-refractivity contribution in [2.24, 2.45) is 0 Å². The van der Waals surface area contributed by atoms with Gasteiger partial charge in [0.05, 0.1) is 0 Å². The van der Waals surface area contributed by atoms with Gasteiger partial charge in [0.2, 0.25) is 0 Å². The largest absolute Gasteiger partial charge is 0.494 e. The summed E-state index contributed by atoms with van der Waals surface area (Å²) >= 11 is 0. The molecule has 31 heavy (non-hydrogen) atoms. The topological polar surface area (TPSA) is 35.9 Å². The molecule has 1 aliphatic carbocycles. The molecule has 1 N–H and O–H groups in total. The van der Waals surface area contributed by atoms with E-state index in [2.05, 4.69) is 29.2 Å². The average Bonchev–Trinajstić information content (AvgIpc) is 3.31. The van der Waals surface area contributed by atoms with Gasteiger partial charge in [-0.15, -0.1) is 0 Å². The molecule has 0 atom stereocenters. The van der Waals surface area contributed by atoms with Crippen molar-refractivity contribution in [2.75, 3.05) is 19.6 Å². The van der Waals surface area contributed by atoms with Crippen LogP contribution in [0.5, 0.6) is 0 Å². The summed E-state index contributed by atoms with van der Waals surface area (Å²) in [6, 6.07) is 17.0. The maximum Gasteiger partial charge on any atom is 0.195 e. The molecule has 0 unspecified atom stereocenters. The van der Waals surface area contributed by atoms with Crippen molar-refractivity contribution in [3.8, 4) is 0 Å². The molecule has 2 aromatic rings. The van der Waals surface area contributed by atoms with E-state index >= 15 is 0 Å². The lowest BCUT2D eigenvalue weighted by Gasteiger charge is -2.31. The Balaban J connectivity index is 1.23. The second kappa shape index (κ2) is 9.03. The summed E-state index contributed by atoms with van der Waals surface area (Å²) in [6.07, 6.45) is 10.6. The Morgan fingerprint density at radius 1 is 0.903 bits per heavy atom. The first kappa shape index (κ1) is 20.0. The molecule has 0 bridgehead atoms. The Bertz CT molecular complexity index is 1020. The van der Waals surface area contributed by atoms with E-state index in [4.69, 9.17) is 4.74 Å². The maximum atomic E-state index is 10.7. The van der Waals surface area contributed by atoms with Gasteiger partial charge in [0.15, 0.2) is 5.88 Å². The number of benzene rings is 2. The molecule has 3 aliphatic rings. The van der Waals surface area contributed by atoms with Crippen LogP contribution in [0.3, 0.4) is 0 Å². The SMILES string of the molecule is OC1=CC(OCc2ccccc2)=CCN1C1=Cc2ccc(CN3CCCC3)cc2CC1. The first-order valence-electron chi connectivity index (χ1n) is 11.3. The predicted octanol–water partition coefficient (Wildman–Crippen LogP) is 5.39. The summed E-state index contributed by atoms with van der Waals surface area (Å²) in [7, 11) is 0. The third-order valence-corrected chi connectivity index (χ3v) is 6.40. The number of hydrogen-bond donors (Lipinski definition) is 1. The van der Waals surface area contributed by atoms with E-state index in [-0.39, 0.29) is 5.88 Å². The van der Waals surface area contributed by atoms with Gasteiger partial charge in [0.25, 0.3) is 0 Å². The molecule has 0 saturated carbocycles. The van der Waals surface area contributed by atoms with Crippen molar-refractivity contribution in [3.63, 3.8) is 0 Å². The van der Waals surface area contributed by atoms with Crippen LogP contribution in [0.1, 0.15) is 41.5 Å². The van der Waals surface area contributed by atoms with Crippen molar-refractivity contribution in [2.45, 2.75) is 38.8 Å². The van der Waals surface area contributed by atoms with E-state index in [1.54, 1.807) is 6.08 Å². The van der Waals surface area contributed by atoms with Crippen LogP contribution in [-0.4, -0.2) is 34.5 Å². The quantitative estimate of drug-likeness (QED) is 0.688. The van der Waals surface area contributed by atoms with Gasteiger partial charge >= 0.3 is 0 Å². The standard InChI is InChI=1S/C27H30N2O2/c30-27-18-26(31-20-21-6-2-1-3-7-21)12-15-29(27)25-11-10-23-16-22(8-9-24(23)17-25)19-28-13-4-5-14-28/h1-3,6-9,12,16-18,30H,4-5,10-11,13-15,19-20H2. The normalized spacial score (nSPS) is 18.8. The number of allylic oxidation sites excluding steroid dienone is 2. The van der Waals surface area contributed by atoms with Crippen LogP contribution in [0.4, 0.5) is 0 Å². The van der Waals surface area contributed by atoms with E-state index < -0.39 is 0 Å². The Labute approximate surface area is 184 Å². The number of rotatable bonds is 6. The summed E-state index contributed by atoms with van der Waals surface area (Å²) < 4.78 is 5.87. The fourth-order valence-corrected chi connectivity index (χ4v) is 4.69. The fraction of sp³-hybridized carbons (Fsp3) is 0.333. The van der Waals surface area contributed by atoms with Crippen LogP contribution < -0.4 is 0 Å². The highest BCUT2D eigenvalue weighted by atomic mass is 16.5. The molecule has 2 heterocycles. The molecule has 4 nitrogen and oxygen atoms in total. The highest BCUT2D eigenvalue weighted by Crippen LogP contribution is 2.30. The number of hydrogen-bond acceptors (Lipinski definition) is 4. The van der Waals surface area contributed by atoms with Crippen LogP contribution in [0.2, 0.25) is 0 Å². The molecule has 2 aliphatic heterocycles. The Morgan fingerprint density at radius 2 is 1.74 bits per heavy atom. The fourth-order valence-electron chi connectivity index (χ4n) is 4.69. The predicted molar refractivity (Wildman–Crippen MR) is 124 cm³/mol. The van der Waals surface area contributed by atoms with Gasteiger partial charge in [0, 0.05) is 24.9 Å². The Morgan fingerprint density at radius 3 is 2.55 bits per heavy atom. The first-order chi connectivity index (χ1) is 15.2. The van der Waals surface area contributed by atoms with Gasteiger partial charge in [-0.1, -0.05) is 48.5 Å². The summed E-state index contributed by atoms with van der Waals surface area (Å²) in [5.41, 5.74) is 6.39. The number of ether oxygens (including phenoxy) is 1. The van der Waals surface area contributed by atoms with Gasteiger partial charge in [-0.05, 0) is 73.2 Å². The first-order valence-corrected chi connectivity index (χ1v) is 11.3. The smallest absolute Gasteiger partial charge is 0.195 e. The molecule has 160 valence electrons. The second-order valence-electron chi connectivity index (χ2n) is 8.65. The lowest BCUT2D eigenvalue weighted by Crippen LogP contribution is -2.27. The maximum absolute atomic E-state index is 10.7. The van der Waals surface area contributed by atoms with Crippen molar-refractivity contribution in [3.05, 3.63) is 100 Å².